The third kappa shape index (κ3) is 4.83. The van der Waals surface area contributed by atoms with E-state index in [1.807, 2.05) is 55.5 Å². The fourth-order valence-corrected chi connectivity index (χ4v) is 4.45. The number of likely N-dealkylation sites (tertiary alicyclic amines) is 1. The second kappa shape index (κ2) is 8.98. The number of benzene rings is 2. The number of primary amides is 1. The first-order valence-corrected chi connectivity index (χ1v) is 10.7. The smallest absolute Gasteiger partial charge is 0.224 e. The third-order valence-corrected chi connectivity index (χ3v) is 6.35. The summed E-state index contributed by atoms with van der Waals surface area (Å²) in [6.07, 6.45) is 2.06. The highest BCUT2D eigenvalue weighted by Crippen LogP contribution is 2.36. The molecular weight excluding hydrogens is 389 g/mol. The molecule has 3 aromatic rings. The summed E-state index contributed by atoms with van der Waals surface area (Å²) >= 11 is 0. The van der Waals surface area contributed by atoms with Gasteiger partial charge in [-0.05, 0) is 68.6 Å². The number of piperidine rings is 1. The largest absolute Gasteiger partial charge is 0.369 e. The van der Waals surface area contributed by atoms with E-state index in [4.69, 9.17) is 5.73 Å². The van der Waals surface area contributed by atoms with E-state index < -0.39 is 5.41 Å². The van der Waals surface area contributed by atoms with E-state index in [-0.39, 0.29) is 11.7 Å². The number of pyridine rings is 1. The van der Waals surface area contributed by atoms with Crippen LogP contribution in [0, 0.1) is 18.2 Å². The minimum Gasteiger partial charge on any atom is -0.369 e. The van der Waals surface area contributed by atoms with Crippen molar-refractivity contribution in [2.45, 2.75) is 32.7 Å². The molecule has 1 aliphatic rings. The number of nitrogens with two attached hydrogens (primary N) is 1. The highest BCUT2D eigenvalue weighted by Gasteiger charge is 2.40. The van der Waals surface area contributed by atoms with Gasteiger partial charge in [0.05, 0.1) is 11.1 Å². The first-order chi connectivity index (χ1) is 14.9. The summed E-state index contributed by atoms with van der Waals surface area (Å²) in [5, 5.41) is 0. The van der Waals surface area contributed by atoms with E-state index in [0.29, 0.717) is 12.0 Å². The maximum Gasteiger partial charge on any atom is 0.224 e. The molecule has 4 rings (SSSR count). The number of carbonyl (C=O) groups excluding carboxylic acids is 1. The maximum absolute atomic E-state index is 14.1. The molecule has 2 aromatic carbocycles. The van der Waals surface area contributed by atoms with Crippen LogP contribution in [0.4, 0.5) is 4.39 Å². The van der Waals surface area contributed by atoms with Crippen LogP contribution in [0.3, 0.4) is 0 Å². The number of carbonyl (C=O) groups is 1. The quantitative estimate of drug-likeness (QED) is 0.642. The molecule has 2 heterocycles. The van der Waals surface area contributed by atoms with E-state index in [9.17, 15) is 9.18 Å². The van der Waals surface area contributed by atoms with Crippen LogP contribution >= 0.6 is 0 Å². The van der Waals surface area contributed by atoms with Crippen molar-refractivity contribution in [2.24, 2.45) is 11.1 Å². The molecule has 1 aliphatic heterocycles. The van der Waals surface area contributed by atoms with Gasteiger partial charge < -0.3 is 5.73 Å². The Balaban J connectivity index is 1.44. The highest BCUT2D eigenvalue weighted by atomic mass is 19.1. The molecule has 160 valence electrons. The van der Waals surface area contributed by atoms with Crippen LogP contribution in [0.5, 0.6) is 0 Å². The molecule has 0 aliphatic carbocycles. The predicted octanol–water partition coefficient (Wildman–Crippen LogP) is 4.51. The highest BCUT2D eigenvalue weighted by molar-refractivity contribution is 5.81. The summed E-state index contributed by atoms with van der Waals surface area (Å²) in [5.41, 5.74) is 9.87. The Morgan fingerprint density at radius 3 is 2.39 bits per heavy atom. The lowest BCUT2D eigenvalue weighted by molar-refractivity contribution is -0.130. The molecule has 0 unspecified atom stereocenters. The van der Waals surface area contributed by atoms with Gasteiger partial charge in [-0.25, -0.2) is 4.39 Å². The molecule has 2 N–H and O–H groups in total. The Morgan fingerprint density at radius 1 is 1.03 bits per heavy atom. The fourth-order valence-electron chi connectivity index (χ4n) is 4.45. The molecule has 1 fully saturated rings. The molecule has 0 bridgehead atoms. The van der Waals surface area contributed by atoms with Gasteiger partial charge in [-0.2, -0.15) is 0 Å². The van der Waals surface area contributed by atoms with Crippen molar-refractivity contribution in [1.29, 1.82) is 0 Å². The van der Waals surface area contributed by atoms with Gasteiger partial charge in [-0.15, -0.1) is 0 Å². The molecule has 1 aromatic heterocycles. The topological polar surface area (TPSA) is 59.2 Å². The van der Waals surface area contributed by atoms with Crippen LogP contribution < -0.4 is 5.73 Å². The van der Waals surface area contributed by atoms with E-state index >= 15 is 0 Å². The van der Waals surface area contributed by atoms with Gasteiger partial charge in [0.15, 0.2) is 0 Å². The number of hydrogen-bond acceptors (Lipinski definition) is 3. The van der Waals surface area contributed by atoms with E-state index in [1.165, 1.54) is 6.07 Å². The number of nitrogens with zero attached hydrogens (tertiary/aromatic N) is 2. The molecule has 4 nitrogen and oxygen atoms in total. The van der Waals surface area contributed by atoms with Gasteiger partial charge >= 0.3 is 0 Å². The molecule has 1 saturated heterocycles. The van der Waals surface area contributed by atoms with Crippen LogP contribution in [-0.2, 0) is 17.8 Å². The van der Waals surface area contributed by atoms with E-state index in [0.717, 1.165) is 55.0 Å². The monoisotopic (exact) mass is 417 g/mol. The zero-order valence-corrected chi connectivity index (χ0v) is 17.9. The molecule has 0 radical (unpaired) electrons. The average Bonchev–Trinajstić information content (AvgIpc) is 2.76. The standard InChI is InChI=1S/C26H28FN3O/c1-19-5-4-6-22(29-19)18-30-15-13-26(14-16-30,25(28)31)17-20-9-11-21(12-10-20)23-7-2-3-8-24(23)27/h2-12H,13-18H2,1H3,(H2,28,31). The third-order valence-electron chi connectivity index (χ3n) is 6.35. The molecule has 0 atom stereocenters. The van der Waals surface area contributed by atoms with Gasteiger partial charge in [0.1, 0.15) is 5.82 Å². The van der Waals surface area contributed by atoms with Crippen LogP contribution in [0.2, 0.25) is 0 Å². The van der Waals surface area contributed by atoms with Crippen molar-refractivity contribution >= 4 is 5.91 Å². The molecule has 1 amide bonds. The summed E-state index contributed by atoms with van der Waals surface area (Å²) < 4.78 is 14.1. The summed E-state index contributed by atoms with van der Waals surface area (Å²) in [7, 11) is 0. The Morgan fingerprint density at radius 2 is 1.74 bits per heavy atom. The van der Waals surface area contributed by atoms with Gasteiger partial charge in [-0.1, -0.05) is 48.5 Å². The van der Waals surface area contributed by atoms with Crippen molar-refractivity contribution in [1.82, 2.24) is 9.88 Å². The van der Waals surface area contributed by atoms with Crippen molar-refractivity contribution in [3.05, 3.63) is 89.5 Å². The minimum atomic E-state index is -0.546. The zero-order chi connectivity index (χ0) is 21.8. The van der Waals surface area contributed by atoms with Gasteiger partial charge in [0.2, 0.25) is 5.91 Å². The lowest BCUT2D eigenvalue weighted by Crippen LogP contribution is -2.48. The number of rotatable bonds is 6. The summed E-state index contributed by atoms with van der Waals surface area (Å²) in [5.74, 6) is -0.474. The van der Waals surface area contributed by atoms with Crippen molar-refractivity contribution in [3.8, 4) is 11.1 Å². The summed E-state index contributed by atoms with van der Waals surface area (Å²) in [4.78, 5) is 19.4. The Labute approximate surface area is 182 Å². The second-order valence-electron chi connectivity index (χ2n) is 8.54. The molecule has 31 heavy (non-hydrogen) atoms. The van der Waals surface area contributed by atoms with Gasteiger partial charge in [0.25, 0.3) is 0 Å². The van der Waals surface area contributed by atoms with E-state index in [2.05, 4.69) is 9.88 Å². The Bertz CT molecular complexity index is 1060. The number of amides is 1. The van der Waals surface area contributed by atoms with E-state index in [1.54, 1.807) is 12.1 Å². The molecular formula is C26H28FN3O. The fraction of sp³-hybridized carbons (Fsp3) is 0.308. The number of halogens is 1. The Hall–Kier alpha value is -3.05. The number of aryl methyl sites for hydroxylation is 1. The van der Waals surface area contributed by atoms with Crippen LogP contribution in [-0.4, -0.2) is 28.9 Å². The van der Waals surface area contributed by atoms with Crippen LogP contribution in [0.15, 0.2) is 66.7 Å². The van der Waals surface area contributed by atoms with Crippen molar-refractivity contribution in [3.63, 3.8) is 0 Å². The maximum atomic E-state index is 14.1. The molecule has 0 saturated carbocycles. The minimum absolute atomic E-state index is 0.237. The van der Waals surface area contributed by atoms with Crippen LogP contribution in [0.1, 0.15) is 29.8 Å². The Kier molecular flexibility index (Phi) is 6.14. The average molecular weight is 418 g/mol. The summed E-state index contributed by atoms with van der Waals surface area (Å²) in [6, 6.07) is 20.6. The van der Waals surface area contributed by atoms with Crippen LogP contribution in [0.25, 0.3) is 11.1 Å². The summed E-state index contributed by atoms with van der Waals surface area (Å²) in [6.45, 7) is 4.40. The predicted molar refractivity (Wildman–Crippen MR) is 121 cm³/mol. The van der Waals surface area contributed by atoms with Gasteiger partial charge in [0, 0.05) is 17.8 Å². The normalized spacial score (nSPS) is 16.2. The lowest BCUT2D eigenvalue weighted by Gasteiger charge is -2.39. The first-order valence-electron chi connectivity index (χ1n) is 10.7. The first kappa shape index (κ1) is 21.2. The molecule has 5 heteroatoms. The zero-order valence-electron chi connectivity index (χ0n) is 17.9. The molecule has 0 spiro atoms. The lowest BCUT2D eigenvalue weighted by atomic mass is 9.73. The van der Waals surface area contributed by atoms with Crippen molar-refractivity contribution in [2.75, 3.05) is 13.1 Å². The SMILES string of the molecule is Cc1cccc(CN2CCC(Cc3ccc(-c4ccccc4F)cc3)(C(N)=O)CC2)n1. The van der Waals surface area contributed by atoms with Gasteiger partial charge in [-0.3, -0.25) is 14.7 Å². The number of aromatic nitrogens is 1. The van der Waals surface area contributed by atoms with Crippen molar-refractivity contribution < 1.29 is 9.18 Å². The second-order valence-corrected chi connectivity index (χ2v) is 8.54. The number of hydrogen-bond donors (Lipinski definition) is 1.